The zero-order chi connectivity index (χ0) is 11.8. The summed E-state index contributed by atoms with van der Waals surface area (Å²) in [6, 6.07) is 0. The minimum atomic E-state index is -0.602. The van der Waals surface area contributed by atoms with Gasteiger partial charge in [0.2, 0.25) is 5.91 Å². The topological polar surface area (TPSA) is 46.6 Å². The highest BCUT2D eigenvalue weighted by Gasteiger charge is 2.44. The Kier molecular flexibility index (Phi) is 3.02. The molecule has 4 heteroatoms. The molecule has 2 aliphatic rings. The summed E-state index contributed by atoms with van der Waals surface area (Å²) in [5, 5.41) is 0. The van der Waals surface area contributed by atoms with Gasteiger partial charge in [-0.2, -0.15) is 0 Å². The lowest BCUT2D eigenvalue weighted by atomic mass is 9.95. The number of ether oxygens (including phenoxy) is 1. The number of carbonyl (C=O) groups excluding carboxylic acids is 2. The number of rotatable bonds is 1. The summed E-state index contributed by atoms with van der Waals surface area (Å²) in [5.74, 6) is 0.367. The van der Waals surface area contributed by atoms with E-state index < -0.39 is 5.54 Å². The van der Waals surface area contributed by atoms with Crippen molar-refractivity contribution in [2.75, 3.05) is 19.8 Å². The van der Waals surface area contributed by atoms with Crippen LogP contribution in [0.25, 0.3) is 0 Å². The third-order valence-corrected chi connectivity index (χ3v) is 3.76. The van der Waals surface area contributed by atoms with Gasteiger partial charge in [0, 0.05) is 32.1 Å². The zero-order valence-corrected chi connectivity index (χ0v) is 9.99. The molecule has 0 spiro atoms. The highest BCUT2D eigenvalue weighted by Crippen LogP contribution is 2.29. The van der Waals surface area contributed by atoms with E-state index in [0.717, 1.165) is 12.8 Å². The van der Waals surface area contributed by atoms with Crippen molar-refractivity contribution in [2.24, 2.45) is 5.92 Å². The van der Waals surface area contributed by atoms with Gasteiger partial charge in [-0.05, 0) is 26.7 Å². The van der Waals surface area contributed by atoms with E-state index in [1.54, 1.807) is 4.90 Å². The molecule has 0 aromatic heterocycles. The smallest absolute Gasteiger partial charge is 0.226 e. The second-order valence-corrected chi connectivity index (χ2v) is 5.11. The lowest BCUT2D eigenvalue weighted by molar-refractivity contribution is -0.144. The number of carbonyl (C=O) groups is 2. The zero-order valence-electron chi connectivity index (χ0n) is 9.99. The number of Topliss-reactive ketones (excluding diaryl/α,β-unsaturated/α-hetero) is 1. The summed E-state index contributed by atoms with van der Waals surface area (Å²) >= 11 is 0. The first-order chi connectivity index (χ1) is 7.53. The van der Waals surface area contributed by atoms with Crippen LogP contribution in [0.3, 0.4) is 0 Å². The van der Waals surface area contributed by atoms with Crippen LogP contribution in [-0.2, 0) is 14.3 Å². The lowest BCUT2D eigenvalue weighted by Gasteiger charge is -2.34. The second-order valence-electron chi connectivity index (χ2n) is 5.11. The average Bonchev–Trinajstić information content (AvgIpc) is 2.54. The average molecular weight is 225 g/mol. The molecule has 0 aromatic carbocycles. The number of hydrogen-bond acceptors (Lipinski definition) is 3. The fourth-order valence-electron chi connectivity index (χ4n) is 2.50. The number of ketones is 1. The van der Waals surface area contributed by atoms with Gasteiger partial charge < -0.3 is 9.64 Å². The Morgan fingerprint density at radius 3 is 2.50 bits per heavy atom. The van der Waals surface area contributed by atoms with Crippen LogP contribution >= 0.6 is 0 Å². The van der Waals surface area contributed by atoms with Crippen LogP contribution in [-0.4, -0.2) is 41.9 Å². The number of nitrogens with zero attached hydrogens (tertiary/aromatic N) is 1. The molecule has 90 valence electrons. The van der Waals surface area contributed by atoms with E-state index >= 15 is 0 Å². The Morgan fingerprint density at radius 2 is 2.00 bits per heavy atom. The first-order valence-electron chi connectivity index (χ1n) is 5.96. The molecular formula is C12H19NO3. The molecule has 0 bridgehead atoms. The monoisotopic (exact) mass is 225 g/mol. The quantitative estimate of drug-likeness (QED) is 0.668. The van der Waals surface area contributed by atoms with Crippen LogP contribution in [0.2, 0.25) is 0 Å². The first-order valence-corrected chi connectivity index (χ1v) is 5.96. The highest BCUT2D eigenvalue weighted by molar-refractivity contribution is 5.95. The van der Waals surface area contributed by atoms with E-state index in [2.05, 4.69) is 0 Å². The fraction of sp³-hybridized carbons (Fsp3) is 0.833. The van der Waals surface area contributed by atoms with Crippen LogP contribution in [0, 0.1) is 5.92 Å². The van der Waals surface area contributed by atoms with Crippen LogP contribution in [0.1, 0.15) is 33.1 Å². The van der Waals surface area contributed by atoms with Gasteiger partial charge in [-0.3, -0.25) is 9.59 Å². The van der Waals surface area contributed by atoms with E-state index in [-0.39, 0.29) is 17.6 Å². The van der Waals surface area contributed by atoms with Gasteiger partial charge in [-0.1, -0.05) is 0 Å². The predicted octanol–water partition coefficient (Wildman–Crippen LogP) is 0.993. The van der Waals surface area contributed by atoms with Gasteiger partial charge in [0.05, 0.1) is 5.54 Å². The van der Waals surface area contributed by atoms with Crippen molar-refractivity contribution in [1.29, 1.82) is 0 Å². The SMILES string of the molecule is CC1(C)C(=O)CCN1C(=O)C1CCOCC1. The van der Waals surface area contributed by atoms with Crippen molar-refractivity contribution in [2.45, 2.75) is 38.6 Å². The van der Waals surface area contributed by atoms with Crippen molar-refractivity contribution in [1.82, 2.24) is 4.90 Å². The maximum absolute atomic E-state index is 12.3. The molecule has 0 aromatic rings. The Balaban J connectivity index is 2.07. The molecule has 1 amide bonds. The number of likely N-dealkylation sites (tertiary alicyclic amines) is 1. The fourth-order valence-corrected chi connectivity index (χ4v) is 2.50. The van der Waals surface area contributed by atoms with E-state index in [4.69, 9.17) is 4.74 Å². The molecule has 0 unspecified atom stereocenters. The van der Waals surface area contributed by atoms with Gasteiger partial charge in [-0.15, -0.1) is 0 Å². The van der Waals surface area contributed by atoms with Crippen molar-refractivity contribution in [3.05, 3.63) is 0 Å². The Morgan fingerprint density at radius 1 is 1.38 bits per heavy atom. The van der Waals surface area contributed by atoms with Crippen molar-refractivity contribution >= 4 is 11.7 Å². The normalized spacial score (nSPS) is 26.1. The van der Waals surface area contributed by atoms with Gasteiger partial charge in [-0.25, -0.2) is 0 Å². The minimum absolute atomic E-state index is 0.0546. The molecule has 0 radical (unpaired) electrons. The van der Waals surface area contributed by atoms with E-state index in [9.17, 15) is 9.59 Å². The molecule has 2 aliphatic heterocycles. The molecule has 0 saturated carbocycles. The van der Waals surface area contributed by atoms with E-state index in [1.807, 2.05) is 13.8 Å². The third kappa shape index (κ3) is 1.86. The number of amides is 1. The van der Waals surface area contributed by atoms with Crippen LogP contribution < -0.4 is 0 Å². The van der Waals surface area contributed by atoms with Crippen molar-refractivity contribution < 1.29 is 14.3 Å². The summed E-state index contributed by atoms with van der Waals surface area (Å²) < 4.78 is 5.25. The largest absolute Gasteiger partial charge is 0.381 e. The summed E-state index contributed by atoms with van der Waals surface area (Å²) in [5.41, 5.74) is -0.602. The van der Waals surface area contributed by atoms with Crippen LogP contribution in [0.4, 0.5) is 0 Å². The Labute approximate surface area is 95.9 Å². The van der Waals surface area contributed by atoms with E-state index in [1.165, 1.54) is 0 Å². The van der Waals surface area contributed by atoms with Gasteiger partial charge in [0.25, 0.3) is 0 Å². The van der Waals surface area contributed by atoms with Crippen molar-refractivity contribution in [3.63, 3.8) is 0 Å². The molecule has 4 nitrogen and oxygen atoms in total. The maximum atomic E-state index is 12.3. The summed E-state index contributed by atoms with van der Waals surface area (Å²) in [6.45, 7) is 5.61. The molecule has 2 rings (SSSR count). The first kappa shape index (κ1) is 11.6. The molecule has 0 aliphatic carbocycles. The molecule has 0 atom stereocenters. The second kappa shape index (κ2) is 4.17. The predicted molar refractivity (Wildman–Crippen MR) is 59.0 cm³/mol. The van der Waals surface area contributed by atoms with Gasteiger partial charge >= 0.3 is 0 Å². The lowest BCUT2D eigenvalue weighted by Crippen LogP contribution is -2.49. The Hall–Kier alpha value is -0.900. The third-order valence-electron chi connectivity index (χ3n) is 3.76. The molecule has 16 heavy (non-hydrogen) atoms. The minimum Gasteiger partial charge on any atom is -0.381 e. The summed E-state index contributed by atoms with van der Waals surface area (Å²) in [7, 11) is 0. The van der Waals surface area contributed by atoms with Gasteiger partial charge in [0.1, 0.15) is 0 Å². The van der Waals surface area contributed by atoms with Crippen LogP contribution in [0.5, 0.6) is 0 Å². The molecule has 0 N–H and O–H groups in total. The standard InChI is InChI=1S/C12H19NO3/c1-12(2)10(14)3-6-13(12)11(15)9-4-7-16-8-5-9/h9H,3-8H2,1-2H3. The summed E-state index contributed by atoms with van der Waals surface area (Å²) in [4.78, 5) is 25.7. The molecule has 2 saturated heterocycles. The van der Waals surface area contributed by atoms with Gasteiger partial charge in [0.15, 0.2) is 5.78 Å². The molecule has 2 fully saturated rings. The van der Waals surface area contributed by atoms with Crippen molar-refractivity contribution in [3.8, 4) is 0 Å². The van der Waals surface area contributed by atoms with E-state index in [0.29, 0.717) is 26.2 Å². The van der Waals surface area contributed by atoms with Crippen LogP contribution in [0.15, 0.2) is 0 Å². The highest BCUT2D eigenvalue weighted by atomic mass is 16.5. The molecular weight excluding hydrogens is 206 g/mol. The Bertz CT molecular complexity index is 305. The number of hydrogen-bond donors (Lipinski definition) is 0. The maximum Gasteiger partial charge on any atom is 0.226 e. The molecule has 2 heterocycles. The summed E-state index contributed by atoms with van der Waals surface area (Å²) in [6.07, 6.45) is 2.08.